The first-order chi connectivity index (χ1) is 14.0. The number of nitrogens with one attached hydrogen (secondary N) is 1. The fourth-order valence-electron chi connectivity index (χ4n) is 2.77. The third-order valence-corrected chi connectivity index (χ3v) is 3.93. The van der Waals surface area contributed by atoms with Crippen LogP contribution in [0.15, 0.2) is 48.7 Å². The fraction of sp³-hybridized carbons (Fsp3) is 0.250. The molecule has 3 aromatic rings. The largest absolute Gasteiger partial charge is 0.573 e. The molecule has 0 atom stereocenters. The van der Waals surface area contributed by atoms with Crippen molar-refractivity contribution in [1.29, 1.82) is 0 Å². The van der Waals surface area contributed by atoms with Crippen molar-refractivity contribution in [2.75, 3.05) is 11.4 Å². The lowest BCUT2D eigenvalue weighted by Gasteiger charge is -2.28. The summed E-state index contributed by atoms with van der Waals surface area (Å²) in [6.07, 6.45) is -0.544. The maximum atomic E-state index is 12.9. The number of carbonyl (C=O) groups excluding carboxylic acids is 1. The smallest absolute Gasteiger partial charge is 0.406 e. The number of hydrogen-bond donors (Lipinski definition) is 2. The number of fused-ring (bicyclic) bond motifs is 1. The molecule has 1 aromatic carbocycles. The summed E-state index contributed by atoms with van der Waals surface area (Å²) in [6.45, 7) is 2.82. The van der Waals surface area contributed by atoms with Crippen LogP contribution < -0.4 is 9.64 Å². The number of alkyl halides is 3. The van der Waals surface area contributed by atoms with Crippen molar-refractivity contribution in [3.8, 4) is 5.75 Å². The average molecular weight is 420 g/mol. The van der Waals surface area contributed by atoms with E-state index in [4.69, 9.17) is 0 Å². The van der Waals surface area contributed by atoms with Crippen LogP contribution in [0.25, 0.3) is 17.1 Å². The van der Waals surface area contributed by atoms with E-state index in [-0.39, 0.29) is 12.2 Å². The van der Waals surface area contributed by atoms with Crippen LogP contribution in [0.1, 0.15) is 19.5 Å². The third-order valence-electron chi connectivity index (χ3n) is 3.93. The lowest BCUT2D eigenvalue weighted by Crippen LogP contribution is -2.41. The fourth-order valence-corrected chi connectivity index (χ4v) is 2.77. The van der Waals surface area contributed by atoms with Gasteiger partial charge in [0, 0.05) is 29.4 Å². The lowest BCUT2D eigenvalue weighted by atomic mass is 10.1. The molecule has 0 aliphatic rings. The second-order valence-electron chi connectivity index (χ2n) is 7.13. The molecule has 10 heteroatoms. The molecule has 0 spiro atoms. The molecule has 0 aliphatic carbocycles. The monoisotopic (exact) mass is 420 g/mol. The Morgan fingerprint density at radius 3 is 2.73 bits per heavy atom. The number of hydrogen-bond acceptors (Lipinski definition) is 5. The van der Waals surface area contributed by atoms with E-state index in [0.717, 1.165) is 17.0 Å². The Kier molecular flexibility index (Phi) is 5.79. The van der Waals surface area contributed by atoms with Gasteiger partial charge in [-0.3, -0.25) is 9.89 Å². The van der Waals surface area contributed by atoms with Gasteiger partial charge in [0.1, 0.15) is 5.75 Å². The van der Waals surface area contributed by atoms with Crippen molar-refractivity contribution in [2.45, 2.75) is 25.8 Å². The second kappa shape index (κ2) is 8.15. The molecule has 2 N–H and O–H groups in total. The average Bonchev–Trinajstić information content (AvgIpc) is 3.05. The van der Waals surface area contributed by atoms with Crippen LogP contribution in [-0.4, -0.2) is 44.7 Å². The molecule has 30 heavy (non-hydrogen) atoms. The van der Waals surface area contributed by atoms with Crippen molar-refractivity contribution < 1.29 is 27.8 Å². The normalized spacial score (nSPS) is 12.5. The van der Waals surface area contributed by atoms with Gasteiger partial charge in [-0.05, 0) is 44.2 Å². The van der Waals surface area contributed by atoms with Gasteiger partial charge in [0.15, 0.2) is 5.65 Å². The number of rotatable bonds is 6. The Morgan fingerprint density at radius 2 is 2.03 bits per heavy atom. The Hall–Kier alpha value is -3.40. The van der Waals surface area contributed by atoms with Crippen molar-refractivity contribution >= 4 is 28.7 Å². The third kappa shape index (κ3) is 5.57. The van der Waals surface area contributed by atoms with E-state index in [1.54, 1.807) is 18.3 Å². The van der Waals surface area contributed by atoms with E-state index >= 15 is 0 Å². The highest BCUT2D eigenvalue weighted by Crippen LogP contribution is 2.28. The van der Waals surface area contributed by atoms with Crippen LogP contribution in [0.4, 0.5) is 18.9 Å². The number of halogens is 3. The van der Waals surface area contributed by atoms with Gasteiger partial charge >= 0.3 is 6.36 Å². The van der Waals surface area contributed by atoms with Gasteiger partial charge < -0.3 is 14.7 Å². The van der Waals surface area contributed by atoms with Gasteiger partial charge in [0.2, 0.25) is 0 Å². The van der Waals surface area contributed by atoms with Crippen LogP contribution in [0.3, 0.4) is 0 Å². The van der Waals surface area contributed by atoms with Crippen LogP contribution >= 0.6 is 0 Å². The number of benzene rings is 1. The Bertz CT molecular complexity index is 1070. The first kappa shape index (κ1) is 21.3. The van der Waals surface area contributed by atoms with Crippen molar-refractivity contribution in [3.63, 3.8) is 0 Å². The second-order valence-corrected chi connectivity index (χ2v) is 7.13. The number of aromatic amines is 1. The van der Waals surface area contributed by atoms with E-state index < -0.39 is 23.6 Å². The Balaban J connectivity index is 1.90. The first-order valence-electron chi connectivity index (χ1n) is 8.89. The summed E-state index contributed by atoms with van der Waals surface area (Å²) in [5.41, 5.74) is -0.127. The van der Waals surface area contributed by atoms with Crippen molar-refractivity contribution in [1.82, 2.24) is 15.2 Å². The number of carbonyl (C=O) groups is 1. The zero-order valence-electron chi connectivity index (χ0n) is 16.1. The van der Waals surface area contributed by atoms with Gasteiger partial charge in [-0.1, -0.05) is 6.07 Å². The molecule has 0 unspecified atom stereocenters. The predicted molar refractivity (Wildman–Crippen MR) is 105 cm³/mol. The number of ether oxygens (including phenoxy) is 1. The number of aliphatic hydroxyl groups is 1. The quantitative estimate of drug-likeness (QED) is 0.594. The summed E-state index contributed by atoms with van der Waals surface area (Å²) in [6, 6.07) is 8.51. The van der Waals surface area contributed by atoms with Crippen LogP contribution in [0.2, 0.25) is 0 Å². The minimum Gasteiger partial charge on any atom is -0.406 e. The highest BCUT2D eigenvalue weighted by atomic mass is 19.4. The summed E-state index contributed by atoms with van der Waals surface area (Å²) in [5.74, 6) is -1.02. The summed E-state index contributed by atoms with van der Waals surface area (Å²) in [4.78, 5) is 18.1. The summed E-state index contributed by atoms with van der Waals surface area (Å²) < 4.78 is 41.6. The minimum absolute atomic E-state index is 0.143. The van der Waals surface area contributed by atoms with E-state index in [1.807, 2.05) is 0 Å². The van der Waals surface area contributed by atoms with Gasteiger partial charge in [-0.15, -0.1) is 13.2 Å². The van der Waals surface area contributed by atoms with Gasteiger partial charge in [0.05, 0.1) is 17.8 Å². The highest BCUT2D eigenvalue weighted by molar-refractivity contribution is 6.04. The standard InChI is InChI=1S/C20H19F3N4O3/c1-19(2,29)12-27(13-5-3-6-14(11-13)30-20(21,22)23)17(28)9-8-16-15-7-4-10-24-18(15)26-25-16/h3-11,29H,12H2,1-2H3,(H,24,25,26)/b9-8+. The van der Waals surface area contributed by atoms with E-state index in [2.05, 4.69) is 19.9 Å². The van der Waals surface area contributed by atoms with Crippen LogP contribution in [0, 0.1) is 0 Å². The Morgan fingerprint density at radius 1 is 1.27 bits per heavy atom. The van der Waals surface area contributed by atoms with Gasteiger partial charge in [-0.25, -0.2) is 4.98 Å². The molecule has 0 radical (unpaired) electrons. The molecule has 1 amide bonds. The zero-order valence-corrected chi connectivity index (χ0v) is 16.1. The molecule has 158 valence electrons. The summed E-state index contributed by atoms with van der Waals surface area (Å²) >= 11 is 0. The van der Waals surface area contributed by atoms with Gasteiger partial charge in [0.25, 0.3) is 5.91 Å². The number of amides is 1. The number of aromatic nitrogens is 3. The molecule has 3 rings (SSSR count). The number of anilines is 1. The molecule has 2 heterocycles. The molecule has 0 fully saturated rings. The highest BCUT2D eigenvalue weighted by Gasteiger charge is 2.31. The maximum absolute atomic E-state index is 12.9. The molecule has 0 bridgehead atoms. The zero-order chi connectivity index (χ0) is 21.9. The van der Waals surface area contributed by atoms with Crippen molar-refractivity contribution in [3.05, 3.63) is 54.4 Å². The van der Waals surface area contributed by atoms with E-state index in [9.17, 15) is 23.1 Å². The molecule has 7 nitrogen and oxygen atoms in total. The molecule has 2 aromatic heterocycles. The minimum atomic E-state index is -4.86. The first-order valence-corrected chi connectivity index (χ1v) is 8.89. The van der Waals surface area contributed by atoms with E-state index in [1.165, 1.54) is 38.1 Å². The SMILES string of the molecule is CC(C)(O)CN(C(=O)/C=C/c1[nH]nc2ncccc12)c1cccc(OC(F)(F)F)c1. The van der Waals surface area contributed by atoms with E-state index in [0.29, 0.717) is 16.7 Å². The van der Waals surface area contributed by atoms with Crippen molar-refractivity contribution in [2.24, 2.45) is 0 Å². The molecule has 0 saturated heterocycles. The number of H-pyrrole nitrogens is 1. The lowest BCUT2D eigenvalue weighted by molar-refractivity contribution is -0.274. The Labute approximate surface area is 169 Å². The summed E-state index contributed by atoms with van der Waals surface area (Å²) in [7, 11) is 0. The maximum Gasteiger partial charge on any atom is 0.573 e. The molecule has 0 saturated carbocycles. The predicted octanol–water partition coefficient (Wildman–Crippen LogP) is 3.67. The molecular weight excluding hydrogens is 401 g/mol. The summed E-state index contributed by atoms with van der Waals surface area (Å²) in [5, 5.41) is 17.7. The molecular formula is C20H19F3N4O3. The van der Waals surface area contributed by atoms with Crippen LogP contribution in [0.5, 0.6) is 5.75 Å². The topological polar surface area (TPSA) is 91.3 Å². The number of pyridine rings is 1. The van der Waals surface area contributed by atoms with Gasteiger partial charge in [-0.2, -0.15) is 5.10 Å². The number of nitrogens with zero attached hydrogens (tertiary/aromatic N) is 3. The molecule has 0 aliphatic heterocycles. The van der Waals surface area contributed by atoms with Crippen LogP contribution in [-0.2, 0) is 4.79 Å².